The van der Waals surface area contributed by atoms with Gasteiger partial charge in [0.25, 0.3) is 0 Å². The maximum absolute atomic E-state index is 12.9. The fourth-order valence-corrected chi connectivity index (χ4v) is 4.75. The number of aromatic nitrogens is 2. The van der Waals surface area contributed by atoms with Gasteiger partial charge in [0.1, 0.15) is 0 Å². The molecule has 0 spiro atoms. The van der Waals surface area contributed by atoms with Crippen LogP contribution in [0.3, 0.4) is 0 Å². The number of piperidine rings is 1. The topological polar surface area (TPSA) is 91.6 Å². The Morgan fingerprint density at radius 3 is 2.71 bits per heavy atom. The molecule has 9 heteroatoms. The fraction of sp³-hybridized carbons (Fsp3) is 0.360. The van der Waals surface area contributed by atoms with E-state index in [0.717, 1.165) is 55.8 Å². The Kier molecular flexibility index (Phi) is 6.60. The van der Waals surface area contributed by atoms with E-state index in [1.54, 1.807) is 11.0 Å². The van der Waals surface area contributed by atoms with E-state index in [1.165, 1.54) is 0 Å². The van der Waals surface area contributed by atoms with Crippen LogP contribution in [-0.4, -0.2) is 46.5 Å². The Morgan fingerprint density at radius 2 is 1.94 bits per heavy atom. The number of likely N-dealkylation sites (tertiary alicyclic amines) is 1. The van der Waals surface area contributed by atoms with Gasteiger partial charge in [0.05, 0.1) is 11.6 Å². The zero-order chi connectivity index (χ0) is 23.5. The molecule has 5 rings (SSSR count). The van der Waals surface area contributed by atoms with Gasteiger partial charge < -0.3 is 14.7 Å². The monoisotopic (exact) mass is 479 g/mol. The third-order valence-corrected chi connectivity index (χ3v) is 6.73. The first-order valence-electron chi connectivity index (χ1n) is 11.6. The first-order valence-corrected chi connectivity index (χ1v) is 12.0. The Balaban J connectivity index is 1.14. The second kappa shape index (κ2) is 9.95. The van der Waals surface area contributed by atoms with E-state index in [4.69, 9.17) is 16.1 Å². The molecular weight excluding hydrogens is 454 g/mol. The number of nitrogens with one attached hydrogen (secondary N) is 1. The molecule has 2 aliphatic rings. The Hall–Kier alpha value is -3.23. The zero-order valence-corrected chi connectivity index (χ0v) is 19.5. The van der Waals surface area contributed by atoms with Gasteiger partial charge in [-0.1, -0.05) is 35.0 Å². The van der Waals surface area contributed by atoms with Crippen molar-refractivity contribution in [1.82, 2.24) is 15.0 Å². The van der Waals surface area contributed by atoms with E-state index < -0.39 is 0 Å². The largest absolute Gasteiger partial charge is 0.338 e. The predicted molar refractivity (Wildman–Crippen MR) is 129 cm³/mol. The Morgan fingerprint density at radius 1 is 1.12 bits per heavy atom. The number of hydrogen-bond acceptors (Lipinski definition) is 6. The lowest BCUT2D eigenvalue weighted by atomic mass is 9.96. The summed E-state index contributed by atoms with van der Waals surface area (Å²) < 4.78 is 5.42. The van der Waals surface area contributed by atoms with Crippen molar-refractivity contribution >= 4 is 34.8 Å². The van der Waals surface area contributed by atoms with Gasteiger partial charge in [0.15, 0.2) is 0 Å². The number of amides is 2. The van der Waals surface area contributed by atoms with E-state index in [0.29, 0.717) is 29.7 Å². The Bertz CT molecular complexity index is 1190. The van der Waals surface area contributed by atoms with Crippen molar-refractivity contribution < 1.29 is 14.1 Å². The number of carbonyl (C=O) groups is 2. The van der Waals surface area contributed by atoms with Crippen LogP contribution in [0.25, 0.3) is 11.4 Å². The lowest BCUT2D eigenvalue weighted by molar-refractivity contribution is -0.121. The SMILES string of the molecule is O=C(Nc1cccc(N2CCCC2=O)c1)C1CCN(Cc2nc(-c3ccccc3Cl)no2)CC1. The molecule has 2 aliphatic heterocycles. The molecule has 2 aromatic carbocycles. The summed E-state index contributed by atoms with van der Waals surface area (Å²) in [6, 6.07) is 14.9. The van der Waals surface area contributed by atoms with E-state index in [9.17, 15) is 9.59 Å². The number of anilines is 2. The summed E-state index contributed by atoms with van der Waals surface area (Å²) in [5, 5.41) is 7.67. The summed E-state index contributed by atoms with van der Waals surface area (Å²) in [7, 11) is 0. The minimum Gasteiger partial charge on any atom is -0.338 e. The third kappa shape index (κ3) is 4.98. The first-order chi connectivity index (χ1) is 16.6. The van der Waals surface area contributed by atoms with Crippen LogP contribution in [0, 0.1) is 5.92 Å². The highest BCUT2D eigenvalue weighted by molar-refractivity contribution is 6.33. The van der Waals surface area contributed by atoms with E-state index >= 15 is 0 Å². The first kappa shape index (κ1) is 22.6. The highest BCUT2D eigenvalue weighted by atomic mass is 35.5. The summed E-state index contributed by atoms with van der Waals surface area (Å²) in [5.74, 6) is 1.10. The molecular formula is C25H26ClN5O3. The second-order valence-electron chi connectivity index (χ2n) is 8.73. The van der Waals surface area contributed by atoms with Crippen molar-refractivity contribution in [1.29, 1.82) is 0 Å². The van der Waals surface area contributed by atoms with Gasteiger partial charge in [-0.25, -0.2) is 0 Å². The minimum absolute atomic E-state index is 0.0170. The number of carbonyl (C=O) groups excluding carboxylic acids is 2. The standard InChI is InChI=1S/C25H26ClN5O3/c26-21-8-2-1-7-20(21)24-28-22(34-29-24)16-30-13-10-17(11-14-30)25(33)27-18-5-3-6-19(15-18)31-12-4-9-23(31)32/h1-3,5-8,15,17H,4,9-14,16H2,(H,27,33). The summed E-state index contributed by atoms with van der Waals surface area (Å²) in [4.78, 5) is 33.4. The highest BCUT2D eigenvalue weighted by Crippen LogP contribution is 2.27. The van der Waals surface area contributed by atoms with Crippen LogP contribution < -0.4 is 10.2 Å². The number of rotatable bonds is 6. The lowest BCUT2D eigenvalue weighted by Gasteiger charge is -2.30. The normalized spacial score (nSPS) is 17.3. The van der Waals surface area contributed by atoms with E-state index in [2.05, 4.69) is 20.4 Å². The molecule has 0 aliphatic carbocycles. The molecule has 3 aromatic rings. The van der Waals surface area contributed by atoms with Crippen LogP contribution in [-0.2, 0) is 16.1 Å². The van der Waals surface area contributed by atoms with Crippen LogP contribution in [0.2, 0.25) is 5.02 Å². The molecule has 1 N–H and O–H groups in total. The molecule has 0 atom stereocenters. The molecule has 0 unspecified atom stereocenters. The Labute approximate surface area is 202 Å². The number of halogens is 1. The molecule has 8 nitrogen and oxygen atoms in total. The van der Waals surface area contributed by atoms with Crippen molar-refractivity contribution in [3.8, 4) is 11.4 Å². The van der Waals surface area contributed by atoms with E-state index in [1.807, 2.05) is 42.5 Å². The predicted octanol–water partition coefficient (Wildman–Crippen LogP) is 4.37. The van der Waals surface area contributed by atoms with Crippen molar-refractivity contribution in [3.05, 3.63) is 59.4 Å². The molecule has 176 valence electrons. The molecule has 2 fully saturated rings. The van der Waals surface area contributed by atoms with Gasteiger partial charge in [-0.3, -0.25) is 14.5 Å². The molecule has 2 saturated heterocycles. The average molecular weight is 480 g/mol. The summed E-state index contributed by atoms with van der Waals surface area (Å²) in [6.07, 6.45) is 2.96. The fourth-order valence-electron chi connectivity index (χ4n) is 4.53. The van der Waals surface area contributed by atoms with Gasteiger partial charge in [-0.2, -0.15) is 4.98 Å². The molecule has 3 heterocycles. The molecule has 34 heavy (non-hydrogen) atoms. The maximum atomic E-state index is 12.9. The smallest absolute Gasteiger partial charge is 0.241 e. The third-order valence-electron chi connectivity index (χ3n) is 6.40. The maximum Gasteiger partial charge on any atom is 0.241 e. The van der Waals surface area contributed by atoms with Crippen molar-refractivity contribution in [2.24, 2.45) is 5.92 Å². The van der Waals surface area contributed by atoms with Crippen molar-refractivity contribution in [2.75, 3.05) is 29.9 Å². The van der Waals surface area contributed by atoms with Gasteiger partial charge in [-0.05, 0) is 62.7 Å². The van der Waals surface area contributed by atoms with Gasteiger partial charge in [0.2, 0.25) is 23.5 Å². The lowest BCUT2D eigenvalue weighted by Crippen LogP contribution is -2.37. The minimum atomic E-state index is -0.0605. The molecule has 0 saturated carbocycles. The van der Waals surface area contributed by atoms with Gasteiger partial charge in [0, 0.05) is 35.8 Å². The summed E-state index contributed by atoms with van der Waals surface area (Å²) in [5.41, 5.74) is 2.31. The number of hydrogen-bond donors (Lipinski definition) is 1. The molecule has 1 aromatic heterocycles. The van der Waals surface area contributed by atoms with Crippen molar-refractivity contribution in [3.63, 3.8) is 0 Å². The second-order valence-corrected chi connectivity index (χ2v) is 9.14. The van der Waals surface area contributed by atoms with Crippen LogP contribution in [0.5, 0.6) is 0 Å². The molecule has 0 radical (unpaired) electrons. The van der Waals surface area contributed by atoms with E-state index in [-0.39, 0.29) is 17.7 Å². The highest BCUT2D eigenvalue weighted by Gasteiger charge is 2.27. The number of nitrogens with zero attached hydrogens (tertiary/aromatic N) is 4. The molecule has 2 amide bonds. The van der Waals surface area contributed by atoms with Gasteiger partial charge >= 0.3 is 0 Å². The average Bonchev–Trinajstić information content (AvgIpc) is 3.49. The number of benzene rings is 2. The zero-order valence-electron chi connectivity index (χ0n) is 18.7. The quantitative estimate of drug-likeness (QED) is 0.564. The summed E-state index contributed by atoms with van der Waals surface area (Å²) >= 11 is 6.22. The van der Waals surface area contributed by atoms with Crippen LogP contribution in [0.1, 0.15) is 31.6 Å². The van der Waals surface area contributed by atoms with Crippen LogP contribution in [0.4, 0.5) is 11.4 Å². The van der Waals surface area contributed by atoms with Crippen LogP contribution >= 0.6 is 11.6 Å². The van der Waals surface area contributed by atoms with Crippen LogP contribution in [0.15, 0.2) is 53.1 Å². The summed E-state index contributed by atoms with van der Waals surface area (Å²) in [6.45, 7) is 2.81. The van der Waals surface area contributed by atoms with Crippen molar-refractivity contribution in [2.45, 2.75) is 32.2 Å². The van der Waals surface area contributed by atoms with Gasteiger partial charge in [-0.15, -0.1) is 0 Å². The molecule has 0 bridgehead atoms.